The van der Waals surface area contributed by atoms with Crippen LogP contribution in [0.4, 0.5) is 0 Å². The third-order valence-electron chi connectivity index (χ3n) is 3.57. The van der Waals surface area contributed by atoms with E-state index in [4.69, 9.17) is 9.47 Å². The number of aliphatic imine (C=N–C) groups is 2. The summed E-state index contributed by atoms with van der Waals surface area (Å²) in [5.41, 5.74) is -0.299. The molecule has 0 N–H and O–H groups in total. The van der Waals surface area contributed by atoms with E-state index in [0.717, 1.165) is 45.1 Å². The normalized spacial score (nSPS) is 18.4. The zero-order valence-electron chi connectivity index (χ0n) is 17.1. The first kappa shape index (κ1) is 21.6. The van der Waals surface area contributed by atoms with Crippen molar-refractivity contribution in [2.24, 2.45) is 9.98 Å². The van der Waals surface area contributed by atoms with Gasteiger partial charge in [0.15, 0.2) is 0 Å². The summed E-state index contributed by atoms with van der Waals surface area (Å²) >= 11 is 0. The molecule has 0 unspecified atom stereocenters. The molecule has 0 saturated carbocycles. The number of nitrogens with zero attached hydrogens (tertiary/aromatic N) is 4. The van der Waals surface area contributed by atoms with Gasteiger partial charge >= 0.3 is 0 Å². The molecule has 0 aliphatic carbocycles. The van der Waals surface area contributed by atoms with Crippen molar-refractivity contribution in [2.75, 3.05) is 39.3 Å². The molecule has 1 aliphatic rings. The van der Waals surface area contributed by atoms with Crippen molar-refractivity contribution in [1.82, 2.24) is 9.80 Å². The Morgan fingerprint density at radius 2 is 1.64 bits per heavy atom. The van der Waals surface area contributed by atoms with Crippen molar-refractivity contribution < 1.29 is 9.47 Å². The Labute approximate surface area is 153 Å². The zero-order chi connectivity index (χ0) is 19.1. The number of ether oxygens (including phenoxy) is 2. The summed E-state index contributed by atoms with van der Waals surface area (Å²) in [6.07, 6.45) is 1.72. The molecule has 0 aromatic rings. The lowest BCUT2D eigenvalue weighted by Gasteiger charge is -2.35. The Kier molecular flexibility index (Phi) is 8.09. The highest BCUT2D eigenvalue weighted by Crippen LogP contribution is 2.13. The molecular formula is C19H36N4O2. The largest absolute Gasteiger partial charge is 0.491 e. The van der Waals surface area contributed by atoms with Gasteiger partial charge < -0.3 is 14.4 Å². The Balaban J connectivity index is 2.49. The number of rotatable bonds is 5. The van der Waals surface area contributed by atoms with Crippen molar-refractivity contribution in [3.63, 3.8) is 0 Å². The molecule has 0 atom stereocenters. The molecule has 6 nitrogen and oxygen atoms in total. The van der Waals surface area contributed by atoms with Gasteiger partial charge in [0.25, 0.3) is 0 Å². The lowest BCUT2D eigenvalue weighted by molar-refractivity contribution is -0.0159. The first-order valence-electron chi connectivity index (χ1n) is 9.02. The van der Waals surface area contributed by atoms with Crippen molar-refractivity contribution in [3.05, 3.63) is 12.0 Å². The van der Waals surface area contributed by atoms with Crippen LogP contribution in [0.5, 0.6) is 0 Å². The van der Waals surface area contributed by atoms with Crippen LogP contribution in [0, 0.1) is 0 Å². The summed E-state index contributed by atoms with van der Waals surface area (Å²) in [4.78, 5) is 13.1. The van der Waals surface area contributed by atoms with E-state index in [9.17, 15) is 0 Å². The standard InChI is InChI=1S/C19H36N4O2/c1-16(25-19(5,6)7)15-21-17(20-8)23-11-9-22(10-12-23)13-14-24-18(2,3)4/h15H,8-14H2,1-7H3/b16-15+,21-17?. The second-order valence-electron chi connectivity index (χ2n) is 8.33. The maximum atomic E-state index is 5.80. The predicted molar refractivity (Wildman–Crippen MR) is 105 cm³/mol. The van der Waals surface area contributed by atoms with Crippen LogP contribution in [-0.4, -0.2) is 73.0 Å². The third kappa shape index (κ3) is 9.60. The minimum absolute atomic E-state index is 0.0757. The van der Waals surface area contributed by atoms with Crippen molar-refractivity contribution in [3.8, 4) is 0 Å². The van der Waals surface area contributed by atoms with Crippen LogP contribution < -0.4 is 0 Å². The molecule has 1 saturated heterocycles. The average molecular weight is 353 g/mol. The Hall–Kier alpha value is -1.40. The Morgan fingerprint density at radius 3 is 2.12 bits per heavy atom. The van der Waals surface area contributed by atoms with Gasteiger partial charge in [-0.3, -0.25) is 4.90 Å². The molecule has 25 heavy (non-hydrogen) atoms. The molecule has 0 aromatic carbocycles. The first-order chi connectivity index (χ1) is 11.5. The summed E-state index contributed by atoms with van der Waals surface area (Å²) in [6, 6.07) is 0. The van der Waals surface area contributed by atoms with E-state index in [2.05, 4.69) is 47.3 Å². The maximum Gasteiger partial charge on any atom is 0.224 e. The van der Waals surface area contributed by atoms with Gasteiger partial charge in [0.1, 0.15) is 11.4 Å². The molecule has 1 aliphatic heterocycles. The molecule has 1 heterocycles. The van der Waals surface area contributed by atoms with Crippen LogP contribution in [0.2, 0.25) is 0 Å². The summed E-state index contributed by atoms with van der Waals surface area (Å²) in [5, 5.41) is 0. The van der Waals surface area contributed by atoms with Crippen LogP contribution in [-0.2, 0) is 9.47 Å². The first-order valence-corrected chi connectivity index (χ1v) is 9.02. The third-order valence-corrected chi connectivity index (χ3v) is 3.57. The summed E-state index contributed by atoms with van der Waals surface area (Å²) in [5.74, 6) is 1.43. The van der Waals surface area contributed by atoms with Crippen molar-refractivity contribution >= 4 is 12.7 Å². The maximum absolute atomic E-state index is 5.80. The molecule has 1 fully saturated rings. The molecule has 0 aromatic heterocycles. The van der Waals surface area contributed by atoms with E-state index in [1.165, 1.54) is 0 Å². The van der Waals surface area contributed by atoms with Crippen molar-refractivity contribution in [1.29, 1.82) is 0 Å². The Morgan fingerprint density at radius 1 is 1.04 bits per heavy atom. The zero-order valence-corrected chi connectivity index (χ0v) is 17.1. The topological polar surface area (TPSA) is 49.7 Å². The summed E-state index contributed by atoms with van der Waals surface area (Å²) < 4.78 is 11.6. The number of hydrogen-bond acceptors (Lipinski definition) is 4. The van der Waals surface area contributed by atoms with Gasteiger partial charge in [0, 0.05) is 32.7 Å². The van der Waals surface area contributed by atoms with Gasteiger partial charge in [0.2, 0.25) is 5.96 Å². The average Bonchev–Trinajstić information content (AvgIpc) is 2.46. The van der Waals surface area contributed by atoms with Gasteiger partial charge in [0.05, 0.1) is 18.4 Å². The molecule has 0 spiro atoms. The van der Waals surface area contributed by atoms with Gasteiger partial charge in [-0.25, -0.2) is 9.98 Å². The highest BCUT2D eigenvalue weighted by molar-refractivity contribution is 5.84. The van der Waals surface area contributed by atoms with Gasteiger partial charge in [-0.2, -0.15) is 0 Å². The number of allylic oxidation sites excluding steroid dienone is 1. The predicted octanol–water partition coefficient (Wildman–Crippen LogP) is 3.15. The van der Waals surface area contributed by atoms with Crippen LogP contribution in [0.25, 0.3) is 0 Å². The number of piperazine rings is 1. The van der Waals surface area contributed by atoms with Crippen LogP contribution in [0.3, 0.4) is 0 Å². The SMILES string of the molecule is C=NC(=N/C=C(\C)OC(C)(C)C)N1CCN(CCOC(C)(C)C)CC1. The van der Waals surface area contributed by atoms with E-state index < -0.39 is 0 Å². The fourth-order valence-electron chi connectivity index (χ4n) is 2.53. The van der Waals surface area contributed by atoms with Crippen LogP contribution in [0.15, 0.2) is 21.9 Å². The molecule has 1 rings (SSSR count). The Bertz CT molecular complexity index is 479. The fourth-order valence-corrected chi connectivity index (χ4v) is 2.53. The highest BCUT2D eigenvalue weighted by Gasteiger charge is 2.20. The molecule has 144 valence electrons. The number of guanidine groups is 1. The highest BCUT2D eigenvalue weighted by atomic mass is 16.5. The van der Waals surface area contributed by atoms with E-state index in [-0.39, 0.29) is 11.2 Å². The lowest BCUT2D eigenvalue weighted by atomic mass is 10.2. The van der Waals surface area contributed by atoms with Gasteiger partial charge in [-0.1, -0.05) is 0 Å². The minimum atomic E-state index is -0.224. The molecule has 0 bridgehead atoms. The molecule has 0 radical (unpaired) electrons. The molecule has 6 heteroatoms. The van der Waals surface area contributed by atoms with E-state index in [0.29, 0.717) is 5.96 Å². The second kappa shape index (κ2) is 9.34. The lowest BCUT2D eigenvalue weighted by Crippen LogP contribution is -2.49. The van der Waals surface area contributed by atoms with Crippen LogP contribution in [0.1, 0.15) is 48.5 Å². The van der Waals surface area contributed by atoms with E-state index in [1.54, 1.807) is 6.20 Å². The van der Waals surface area contributed by atoms with E-state index >= 15 is 0 Å². The van der Waals surface area contributed by atoms with Gasteiger partial charge in [-0.15, -0.1) is 0 Å². The molecular weight excluding hydrogens is 316 g/mol. The monoisotopic (exact) mass is 352 g/mol. The second-order valence-corrected chi connectivity index (χ2v) is 8.33. The quantitative estimate of drug-likeness (QED) is 0.433. The summed E-state index contributed by atoms with van der Waals surface area (Å²) in [7, 11) is 0. The summed E-state index contributed by atoms with van der Waals surface area (Å²) in [6.45, 7) is 23.3. The van der Waals surface area contributed by atoms with E-state index in [1.807, 2.05) is 27.7 Å². The van der Waals surface area contributed by atoms with Crippen LogP contribution >= 0.6 is 0 Å². The smallest absolute Gasteiger partial charge is 0.224 e. The van der Waals surface area contributed by atoms with Crippen molar-refractivity contribution in [2.45, 2.75) is 59.7 Å². The minimum Gasteiger partial charge on any atom is -0.491 e. The number of hydrogen-bond donors (Lipinski definition) is 0. The van der Waals surface area contributed by atoms with Gasteiger partial charge in [-0.05, 0) is 55.2 Å². The fraction of sp³-hybridized carbons (Fsp3) is 0.789. The molecule has 0 amide bonds.